The summed E-state index contributed by atoms with van der Waals surface area (Å²) in [6.45, 7) is 2.01. The molecule has 0 amide bonds. The largest absolute Gasteiger partial charge is 0.325 e. The monoisotopic (exact) mass is 291 g/mol. The Morgan fingerprint density at radius 1 is 1.05 bits per heavy atom. The van der Waals surface area contributed by atoms with Gasteiger partial charge in [0.15, 0.2) is 0 Å². The summed E-state index contributed by atoms with van der Waals surface area (Å²) in [5, 5.41) is 4.60. The van der Waals surface area contributed by atoms with Crippen LogP contribution < -0.4 is 5.32 Å². The van der Waals surface area contributed by atoms with Crippen LogP contribution in [0.2, 0.25) is 10.0 Å². The van der Waals surface area contributed by atoms with E-state index in [1.807, 2.05) is 43.3 Å². The maximum atomic E-state index is 5.99. The summed E-state index contributed by atoms with van der Waals surface area (Å²) in [6.07, 6.45) is 0. The third-order valence-electron chi connectivity index (χ3n) is 2.90. The smallest absolute Gasteiger partial charge is 0.205 e. The van der Waals surface area contributed by atoms with Crippen LogP contribution >= 0.6 is 23.2 Å². The molecule has 2 aromatic carbocycles. The Hall–Kier alpha value is -1.71. The lowest BCUT2D eigenvalue weighted by Gasteiger charge is -2.06. The average Bonchev–Trinajstić information content (AvgIpc) is 2.75. The number of fused-ring (bicyclic) bond motifs is 1. The van der Waals surface area contributed by atoms with Crippen molar-refractivity contribution < 1.29 is 0 Å². The molecular weight excluding hydrogens is 281 g/mol. The van der Waals surface area contributed by atoms with Crippen LogP contribution in [0.5, 0.6) is 0 Å². The molecule has 0 bridgehead atoms. The number of H-pyrrole nitrogens is 1. The Morgan fingerprint density at radius 2 is 1.79 bits per heavy atom. The zero-order chi connectivity index (χ0) is 13.4. The molecule has 0 radical (unpaired) electrons. The average molecular weight is 292 g/mol. The summed E-state index contributed by atoms with van der Waals surface area (Å²) in [5.41, 5.74) is 3.79. The molecule has 2 N–H and O–H groups in total. The van der Waals surface area contributed by atoms with E-state index in [-0.39, 0.29) is 0 Å². The number of hydrogen-bond donors (Lipinski definition) is 2. The van der Waals surface area contributed by atoms with Gasteiger partial charge in [0.2, 0.25) is 5.95 Å². The Balaban J connectivity index is 1.98. The van der Waals surface area contributed by atoms with Gasteiger partial charge in [-0.3, -0.25) is 0 Å². The number of halogens is 2. The first-order chi connectivity index (χ1) is 9.11. The predicted molar refractivity (Wildman–Crippen MR) is 80.6 cm³/mol. The maximum absolute atomic E-state index is 5.99. The predicted octanol–water partition coefficient (Wildman–Crippen LogP) is 4.92. The molecule has 3 aromatic rings. The summed E-state index contributed by atoms with van der Waals surface area (Å²) in [7, 11) is 0. The second kappa shape index (κ2) is 4.76. The van der Waals surface area contributed by atoms with Crippen LogP contribution in [0.15, 0.2) is 36.4 Å². The highest BCUT2D eigenvalue weighted by atomic mass is 35.5. The maximum Gasteiger partial charge on any atom is 0.205 e. The lowest BCUT2D eigenvalue weighted by molar-refractivity contribution is 1.29. The van der Waals surface area contributed by atoms with Crippen molar-refractivity contribution in [3.63, 3.8) is 0 Å². The van der Waals surface area contributed by atoms with E-state index < -0.39 is 0 Å². The van der Waals surface area contributed by atoms with Crippen LogP contribution in [0.4, 0.5) is 11.6 Å². The SMILES string of the molecule is Cc1ccc(Cl)cc1Nc1nc2ccc(Cl)cc2[nH]1. The van der Waals surface area contributed by atoms with E-state index in [1.54, 1.807) is 0 Å². The van der Waals surface area contributed by atoms with E-state index in [1.165, 1.54) is 0 Å². The third kappa shape index (κ3) is 2.53. The van der Waals surface area contributed by atoms with Crippen molar-refractivity contribution in [3.8, 4) is 0 Å². The Bertz CT molecular complexity index is 750. The van der Waals surface area contributed by atoms with Crippen molar-refractivity contribution >= 4 is 45.9 Å². The summed E-state index contributed by atoms with van der Waals surface area (Å²) in [5.74, 6) is 0.669. The molecule has 0 unspecified atom stereocenters. The summed E-state index contributed by atoms with van der Waals surface area (Å²) in [6, 6.07) is 11.2. The molecule has 0 aliphatic carbocycles. The number of imidazole rings is 1. The Labute approximate surface area is 120 Å². The van der Waals surface area contributed by atoms with Crippen LogP contribution in [0, 0.1) is 6.92 Å². The zero-order valence-corrected chi connectivity index (χ0v) is 11.7. The highest BCUT2D eigenvalue weighted by Crippen LogP contribution is 2.25. The molecule has 96 valence electrons. The lowest BCUT2D eigenvalue weighted by Crippen LogP contribution is -1.94. The van der Waals surface area contributed by atoms with E-state index in [0.29, 0.717) is 16.0 Å². The van der Waals surface area contributed by atoms with Gasteiger partial charge in [-0.1, -0.05) is 29.3 Å². The number of anilines is 2. The van der Waals surface area contributed by atoms with Crippen molar-refractivity contribution in [2.75, 3.05) is 5.32 Å². The highest BCUT2D eigenvalue weighted by Gasteiger charge is 2.05. The van der Waals surface area contributed by atoms with E-state index in [9.17, 15) is 0 Å². The van der Waals surface area contributed by atoms with Gasteiger partial charge in [-0.2, -0.15) is 0 Å². The van der Waals surface area contributed by atoms with Gasteiger partial charge in [-0.05, 0) is 42.8 Å². The molecular formula is C14H11Cl2N3. The number of aromatic nitrogens is 2. The number of nitrogens with one attached hydrogen (secondary N) is 2. The minimum atomic E-state index is 0.669. The number of rotatable bonds is 2. The molecule has 1 heterocycles. The van der Waals surface area contributed by atoms with Crippen LogP contribution in [0.25, 0.3) is 11.0 Å². The quantitative estimate of drug-likeness (QED) is 0.703. The summed E-state index contributed by atoms with van der Waals surface area (Å²) >= 11 is 11.9. The van der Waals surface area contributed by atoms with Crippen molar-refractivity contribution in [3.05, 3.63) is 52.0 Å². The third-order valence-corrected chi connectivity index (χ3v) is 3.37. The summed E-state index contributed by atoms with van der Waals surface area (Å²) < 4.78 is 0. The molecule has 3 rings (SSSR count). The van der Waals surface area contributed by atoms with Crippen molar-refractivity contribution in [2.24, 2.45) is 0 Å². The molecule has 0 aliphatic heterocycles. The van der Waals surface area contributed by atoms with Crippen molar-refractivity contribution in [1.82, 2.24) is 9.97 Å². The molecule has 3 nitrogen and oxygen atoms in total. The first-order valence-corrected chi connectivity index (χ1v) is 6.56. The molecule has 1 aromatic heterocycles. The number of nitrogens with zero attached hydrogens (tertiary/aromatic N) is 1. The number of aryl methyl sites for hydroxylation is 1. The van der Waals surface area contributed by atoms with Crippen LogP contribution in [0.3, 0.4) is 0 Å². The first-order valence-electron chi connectivity index (χ1n) is 5.80. The number of hydrogen-bond acceptors (Lipinski definition) is 2. The van der Waals surface area contributed by atoms with E-state index in [2.05, 4.69) is 15.3 Å². The second-order valence-electron chi connectivity index (χ2n) is 4.33. The van der Waals surface area contributed by atoms with Gasteiger partial charge in [0.05, 0.1) is 11.0 Å². The van der Waals surface area contributed by atoms with E-state index in [4.69, 9.17) is 23.2 Å². The highest BCUT2D eigenvalue weighted by molar-refractivity contribution is 6.31. The molecule has 0 fully saturated rings. The van der Waals surface area contributed by atoms with Gasteiger partial charge in [-0.15, -0.1) is 0 Å². The topological polar surface area (TPSA) is 40.7 Å². The van der Waals surface area contributed by atoms with Gasteiger partial charge in [0.1, 0.15) is 0 Å². The van der Waals surface area contributed by atoms with E-state index >= 15 is 0 Å². The van der Waals surface area contributed by atoms with Gasteiger partial charge in [-0.25, -0.2) is 4.98 Å². The van der Waals surface area contributed by atoms with Gasteiger partial charge in [0, 0.05) is 15.7 Å². The van der Waals surface area contributed by atoms with E-state index in [0.717, 1.165) is 22.3 Å². The minimum absolute atomic E-state index is 0.669. The molecule has 0 spiro atoms. The summed E-state index contributed by atoms with van der Waals surface area (Å²) in [4.78, 5) is 7.63. The molecule has 0 saturated heterocycles. The molecule has 0 atom stereocenters. The number of aromatic amines is 1. The van der Waals surface area contributed by atoms with Crippen LogP contribution in [-0.2, 0) is 0 Å². The fraction of sp³-hybridized carbons (Fsp3) is 0.0714. The Kier molecular flexibility index (Phi) is 3.09. The second-order valence-corrected chi connectivity index (χ2v) is 5.20. The zero-order valence-electron chi connectivity index (χ0n) is 10.2. The molecule has 0 aliphatic rings. The van der Waals surface area contributed by atoms with Crippen molar-refractivity contribution in [2.45, 2.75) is 6.92 Å². The normalized spacial score (nSPS) is 10.9. The molecule has 0 saturated carbocycles. The van der Waals surface area contributed by atoms with Gasteiger partial charge >= 0.3 is 0 Å². The number of benzene rings is 2. The first kappa shape index (κ1) is 12.3. The minimum Gasteiger partial charge on any atom is -0.325 e. The Morgan fingerprint density at radius 3 is 2.63 bits per heavy atom. The fourth-order valence-corrected chi connectivity index (χ4v) is 2.24. The van der Waals surface area contributed by atoms with Crippen molar-refractivity contribution in [1.29, 1.82) is 0 Å². The van der Waals surface area contributed by atoms with Gasteiger partial charge in [0.25, 0.3) is 0 Å². The van der Waals surface area contributed by atoms with Crippen LogP contribution in [0.1, 0.15) is 5.56 Å². The standard InChI is InChI=1S/C14H11Cl2N3/c1-8-2-3-9(15)6-12(8)18-14-17-11-5-4-10(16)7-13(11)19-14/h2-7H,1H3,(H2,17,18,19). The lowest BCUT2D eigenvalue weighted by atomic mass is 10.2. The molecule has 5 heteroatoms. The van der Waals surface area contributed by atoms with Crippen LogP contribution in [-0.4, -0.2) is 9.97 Å². The van der Waals surface area contributed by atoms with Gasteiger partial charge < -0.3 is 10.3 Å². The molecule has 19 heavy (non-hydrogen) atoms. The fourth-order valence-electron chi connectivity index (χ4n) is 1.90.